The summed E-state index contributed by atoms with van der Waals surface area (Å²) in [6, 6.07) is -3.01. The van der Waals surface area contributed by atoms with E-state index >= 15 is 0 Å². The van der Waals surface area contributed by atoms with Crippen molar-refractivity contribution in [1.82, 2.24) is 0 Å². The second kappa shape index (κ2) is 20.0. The van der Waals surface area contributed by atoms with E-state index in [9.17, 15) is 41.3 Å². The molecular formula is C30H53N5O16S4. The van der Waals surface area contributed by atoms with Gasteiger partial charge in [0.1, 0.15) is 17.4 Å². The Morgan fingerprint density at radius 2 is 1.47 bits per heavy atom. The summed E-state index contributed by atoms with van der Waals surface area (Å²) in [6.45, 7) is 1.23. The van der Waals surface area contributed by atoms with Gasteiger partial charge in [0.2, 0.25) is 0 Å². The highest BCUT2D eigenvalue weighted by molar-refractivity contribution is 7.95. The van der Waals surface area contributed by atoms with Crippen LogP contribution >= 0.6 is 24.1 Å². The van der Waals surface area contributed by atoms with Gasteiger partial charge < -0.3 is 25.8 Å². The summed E-state index contributed by atoms with van der Waals surface area (Å²) in [7, 11) is -8.82. The van der Waals surface area contributed by atoms with Crippen LogP contribution in [0, 0.1) is 29.6 Å². The van der Waals surface area contributed by atoms with E-state index in [-0.39, 0.29) is 73.3 Å². The first kappa shape index (κ1) is 45.4. The lowest BCUT2D eigenvalue weighted by Crippen LogP contribution is -2.57. The van der Waals surface area contributed by atoms with Gasteiger partial charge in [-0.05, 0) is 87.4 Å². The van der Waals surface area contributed by atoms with Crippen LogP contribution in [0.2, 0.25) is 0 Å². The zero-order valence-corrected chi connectivity index (χ0v) is 33.4. The van der Waals surface area contributed by atoms with E-state index in [1.54, 1.807) is 0 Å². The number of fused-ring (bicyclic) bond motifs is 2. The Hall–Kier alpha value is -0.720. The third-order valence-corrected chi connectivity index (χ3v) is 16.5. The van der Waals surface area contributed by atoms with Crippen LogP contribution in [0.4, 0.5) is 0 Å². The molecule has 5 aliphatic rings. The molecule has 0 aromatic rings. The number of nitrogens with zero attached hydrogens (tertiary/aromatic N) is 4. The fraction of sp³-hybridized carbons (Fsp3) is 1.00. The SMILES string of the molecule is CC1CC(N=NC2C(SOOO)CC3CC(S(=O)(=O)O)C(N)CC3C2O)C(OCC(O)CO)CC1N=NC1CCC2CC(SOOO)CC(S(=O)(=O)O)C2C1. The van der Waals surface area contributed by atoms with Crippen molar-refractivity contribution in [3.05, 3.63) is 0 Å². The van der Waals surface area contributed by atoms with Gasteiger partial charge in [0, 0.05) is 41.8 Å². The molecule has 0 aromatic carbocycles. The van der Waals surface area contributed by atoms with Crippen molar-refractivity contribution in [2.24, 2.45) is 55.8 Å². The molecule has 9 N–H and O–H groups in total. The first-order valence-electron chi connectivity index (χ1n) is 18.4. The molecule has 0 saturated heterocycles. The quantitative estimate of drug-likeness (QED) is 0.0362. The van der Waals surface area contributed by atoms with Gasteiger partial charge in [-0.25, -0.2) is 10.5 Å². The molecule has 17 atom stereocenters. The molecule has 318 valence electrons. The summed E-state index contributed by atoms with van der Waals surface area (Å²) in [5, 5.41) is 71.3. The average Bonchev–Trinajstić information content (AvgIpc) is 3.13. The van der Waals surface area contributed by atoms with Crippen LogP contribution in [0.15, 0.2) is 20.5 Å². The second-order valence-corrected chi connectivity index (χ2v) is 20.8. The van der Waals surface area contributed by atoms with Crippen molar-refractivity contribution < 1.29 is 75.3 Å². The lowest BCUT2D eigenvalue weighted by molar-refractivity contribution is -0.432. The molecule has 55 heavy (non-hydrogen) atoms. The van der Waals surface area contributed by atoms with Crippen molar-refractivity contribution >= 4 is 44.3 Å². The Bertz CT molecular complexity index is 1520. The van der Waals surface area contributed by atoms with Crippen molar-refractivity contribution in [2.75, 3.05) is 13.2 Å². The summed E-state index contributed by atoms with van der Waals surface area (Å²) in [5.41, 5.74) is 6.14. The number of hydrogen-bond donors (Lipinski definition) is 8. The van der Waals surface area contributed by atoms with E-state index in [1.165, 1.54) is 0 Å². The van der Waals surface area contributed by atoms with Gasteiger partial charge in [-0.3, -0.25) is 9.11 Å². The summed E-state index contributed by atoms with van der Waals surface area (Å²) < 4.78 is 84.0. The highest BCUT2D eigenvalue weighted by Gasteiger charge is 2.52. The summed E-state index contributed by atoms with van der Waals surface area (Å²) in [6.07, 6.45) is 0.648. The second-order valence-electron chi connectivity index (χ2n) is 15.6. The minimum absolute atomic E-state index is 0.0138. The van der Waals surface area contributed by atoms with E-state index in [0.29, 0.717) is 50.6 Å². The summed E-state index contributed by atoms with van der Waals surface area (Å²) in [5.74, 6) is -1.28. The normalized spacial score (nSPS) is 42.3. The molecule has 0 aliphatic heterocycles. The first-order valence-corrected chi connectivity index (χ1v) is 23.0. The predicted octanol–water partition coefficient (Wildman–Crippen LogP) is 2.25. The van der Waals surface area contributed by atoms with Crippen molar-refractivity contribution in [1.29, 1.82) is 0 Å². The van der Waals surface area contributed by atoms with Gasteiger partial charge in [-0.15, -0.1) is 8.67 Å². The van der Waals surface area contributed by atoms with Gasteiger partial charge in [-0.2, -0.15) is 37.3 Å². The Labute approximate surface area is 328 Å². The van der Waals surface area contributed by atoms with Crippen molar-refractivity contribution in [2.45, 2.75) is 141 Å². The van der Waals surface area contributed by atoms with Gasteiger partial charge in [0.25, 0.3) is 20.2 Å². The maximum Gasteiger partial charge on any atom is 0.269 e. The molecule has 0 heterocycles. The Balaban J connectivity index is 1.28. The largest absolute Gasteiger partial charge is 0.394 e. The van der Waals surface area contributed by atoms with Crippen LogP contribution < -0.4 is 5.73 Å². The average molecular weight is 868 g/mol. The van der Waals surface area contributed by atoms with E-state index in [1.807, 2.05) is 6.92 Å². The minimum Gasteiger partial charge on any atom is -0.394 e. The van der Waals surface area contributed by atoms with E-state index in [4.69, 9.17) is 30.4 Å². The maximum atomic E-state index is 12.4. The predicted molar refractivity (Wildman–Crippen MR) is 194 cm³/mol. The molecule has 5 rings (SSSR count). The number of hydrogen-bond acceptors (Lipinski definition) is 21. The molecule has 0 amide bonds. The zero-order valence-electron chi connectivity index (χ0n) is 30.1. The van der Waals surface area contributed by atoms with Crippen LogP contribution in [-0.4, -0.2) is 135 Å². The topological polar surface area (TPSA) is 332 Å². The lowest BCUT2D eigenvalue weighted by Gasteiger charge is -2.47. The molecule has 5 fully saturated rings. The molecule has 5 aliphatic carbocycles. The standard InChI is InChI=1S/C30H53N5O16S4/c1-14-4-24(34-35-29-26(53-51-49-40)6-16-7-28(55(44,45)46)22(31)10-21(16)30(29)38)25(47-13-18(37)12-36)11-23(14)33-32-17-3-2-15-5-19(52-50-48-39)9-27(20(15)8-17)54(41,42)43/h14-30,36-40H,2-13,31H2,1H3,(H,41,42,43)(H,44,45,46). The number of aliphatic hydroxyl groups is 3. The first-order chi connectivity index (χ1) is 26.0. The Morgan fingerprint density at radius 3 is 2.15 bits per heavy atom. The monoisotopic (exact) mass is 867 g/mol. The van der Waals surface area contributed by atoms with Crippen LogP contribution in [0.3, 0.4) is 0 Å². The molecule has 0 bridgehead atoms. The van der Waals surface area contributed by atoms with E-state index < -0.39 is 84.9 Å². The molecule has 17 unspecified atom stereocenters. The highest BCUT2D eigenvalue weighted by atomic mass is 32.2. The molecule has 0 radical (unpaired) electrons. The smallest absolute Gasteiger partial charge is 0.269 e. The number of azo groups is 2. The van der Waals surface area contributed by atoms with Crippen molar-refractivity contribution in [3.8, 4) is 0 Å². The molecule has 0 aromatic heterocycles. The third kappa shape index (κ3) is 11.7. The van der Waals surface area contributed by atoms with Gasteiger partial charge >= 0.3 is 0 Å². The molecule has 0 spiro atoms. The minimum atomic E-state index is -4.43. The number of ether oxygens (including phenoxy) is 1. The van der Waals surface area contributed by atoms with Crippen LogP contribution in [0.1, 0.15) is 71.1 Å². The van der Waals surface area contributed by atoms with Crippen LogP contribution in [-0.2, 0) is 43.7 Å². The molecule has 5 saturated carbocycles. The van der Waals surface area contributed by atoms with Gasteiger partial charge in [0.05, 0.1) is 54.0 Å². The van der Waals surface area contributed by atoms with Crippen LogP contribution in [0.5, 0.6) is 0 Å². The lowest BCUT2D eigenvalue weighted by atomic mass is 9.66. The maximum absolute atomic E-state index is 12.4. The van der Waals surface area contributed by atoms with E-state index in [0.717, 1.165) is 12.0 Å². The highest BCUT2D eigenvalue weighted by Crippen LogP contribution is 2.48. The molecule has 21 nitrogen and oxygen atoms in total. The summed E-state index contributed by atoms with van der Waals surface area (Å²) in [4.78, 5) is 0. The van der Waals surface area contributed by atoms with Crippen molar-refractivity contribution in [3.63, 3.8) is 0 Å². The zero-order chi connectivity index (χ0) is 40.1. The number of nitrogens with two attached hydrogens (primary N) is 1. The molecular weight excluding hydrogens is 815 g/mol. The van der Waals surface area contributed by atoms with Crippen LogP contribution in [0.25, 0.3) is 0 Å². The fourth-order valence-corrected chi connectivity index (χ4v) is 13.4. The fourth-order valence-electron chi connectivity index (χ4n) is 9.42. The Kier molecular flexibility index (Phi) is 16.5. The number of aliphatic hydroxyl groups excluding tert-OH is 3. The molecule has 25 heteroatoms. The van der Waals surface area contributed by atoms with E-state index in [2.05, 4.69) is 29.8 Å². The van der Waals surface area contributed by atoms with Gasteiger partial charge in [0.15, 0.2) is 0 Å². The Morgan fingerprint density at radius 1 is 0.782 bits per heavy atom. The van der Waals surface area contributed by atoms with Gasteiger partial charge in [-0.1, -0.05) is 17.0 Å². The number of rotatable bonds is 16. The third-order valence-electron chi connectivity index (χ3n) is 12.2. The summed E-state index contributed by atoms with van der Waals surface area (Å²) >= 11 is 1.52.